The quantitative estimate of drug-likeness (QED) is 0.667. The Morgan fingerprint density at radius 3 is 2.37 bits per heavy atom. The number of nitrogens with one attached hydrogen (secondary N) is 2. The third-order valence-corrected chi connectivity index (χ3v) is 6.25. The zero-order chi connectivity index (χ0) is 20.4. The molecular weight excluding hydrogens is 372 g/mol. The fourth-order valence-electron chi connectivity index (χ4n) is 2.75. The van der Waals surface area contributed by atoms with E-state index in [0.717, 1.165) is 4.90 Å². The maximum absolute atomic E-state index is 12.6. The molecule has 0 unspecified atom stereocenters. The summed E-state index contributed by atoms with van der Waals surface area (Å²) in [4.78, 5) is 37.1. The predicted octanol–water partition coefficient (Wildman–Crippen LogP) is 0.986. The molecular formula is C17H24N4O5S. The number of sulfonamides is 1. The first kappa shape index (κ1) is 20.8. The third-order valence-electron chi connectivity index (χ3n) is 4.21. The standard InChI is InChI=1S/C17H24N4O5S/c1-5-20(6-2)27(25,26)13-9-7-8-12(10-13)18-14(22)11-21-15(23)17(3,4)19-16(21)24/h7-10H,5-6,11H2,1-4H3,(H,18,22)(H,19,24). The Labute approximate surface area is 158 Å². The molecule has 1 saturated heterocycles. The number of amides is 4. The van der Waals surface area contributed by atoms with Gasteiger partial charge < -0.3 is 10.6 Å². The van der Waals surface area contributed by atoms with Crippen LogP contribution in [0.1, 0.15) is 27.7 Å². The van der Waals surface area contributed by atoms with Crippen molar-refractivity contribution >= 4 is 33.6 Å². The zero-order valence-corrected chi connectivity index (χ0v) is 16.6. The smallest absolute Gasteiger partial charge is 0.324 e. The fraction of sp³-hybridized carbons (Fsp3) is 0.471. The predicted molar refractivity (Wildman–Crippen MR) is 99.5 cm³/mol. The number of nitrogens with zero attached hydrogens (tertiary/aromatic N) is 2. The molecule has 4 amide bonds. The van der Waals surface area contributed by atoms with Gasteiger partial charge in [-0.2, -0.15) is 4.31 Å². The lowest BCUT2D eigenvalue weighted by atomic mass is 10.1. The molecule has 1 aliphatic heterocycles. The van der Waals surface area contributed by atoms with Crippen molar-refractivity contribution in [3.63, 3.8) is 0 Å². The van der Waals surface area contributed by atoms with Crippen molar-refractivity contribution in [3.05, 3.63) is 24.3 Å². The maximum Gasteiger partial charge on any atom is 0.325 e. The summed E-state index contributed by atoms with van der Waals surface area (Å²) < 4.78 is 26.5. The number of hydrogen-bond acceptors (Lipinski definition) is 5. The van der Waals surface area contributed by atoms with Crippen LogP contribution in [0.25, 0.3) is 0 Å². The molecule has 2 N–H and O–H groups in total. The van der Waals surface area contributed by atoms with Crippen molar-refractivity contribution < 1.29 is 22.8 Å². The number of carbonyl (C=O) groups excluding carboxylic acids is 3. The van der Waals surface area contributed by atoms with Crippen molar-refractivity contribution in [3.8, 4) is 0 Å². The van der Waals surface area contributed by atoms with Crippen LogP contribution in [0.2, 0.25) is 0 Å². The Morgan fingerprint density at radius 1 is 1.22 bits per heavy atom. The normalized spacial score (nSPS) is 16.6. The number of hydrogen-bond donors (Lipinski definition) is 2. The first-order valence-electron chi connectivity index (χ1n) is 8.57. The van der Waals surface area contributed by atoms with Crippen LogP contribution in [0.15, 0.2) is 29.2 Å². The summed E-state index contributed by atoms with van der Waals surface area (Å²) in [5, 5.41) is 5.02. The molecule has 148 valence electrons. The van der Waals surface area contributed by atoms with Crippen molar-refractivity contribution in [1.82, 2.24) is 14.5 Å². The summed E-state index contributed by atoms with van der Waals surface area (Å²) in [6.07, 6.45) is 0. The molecule has 10 heteroatoms. The minimum Gasteiger partial charge on any atom is -0.324 e. The monoisotopic (exact) mass is 396 g/mol. The number of urea groups is 1. The van der Waals surface area contributed by atoms with E-state index in [9.17, 15) is 22.8 Å². The van der Waals surface area contributed by atoms with Crippen LogP contribution < -0.4 is 10.6 Å². The first-order chi connectivity index (χ1) is 12.5. The van der Waals surface area contributed by atoms with Crippen molar-refractivity contribution in [1.29, 1.82) is 0 Å². The lowest BCUT2D eigenvalue weighted by molar-refractivity contribution is -0.132. The summed E-state index contributed by atoms with van der Waals surface area (Å²) in [5.41, 5.74) is -0.797. The highest BCUT2D eigenvalue weighted by Gasteiger charge is 2.44. The first-order valence-corrected chi connectivity index (χ1v) is 10.0. The average Bonchev–Trinajstić information content (AvgIpc) is 2.77. The zero-order valence-electron chi connectivity index (χ0n) is 15.8. The van der Waals surface area contributed by atoms with Crippen LogP contribution in [0.4, 0.5) is 10.5 Å². The van der Waals surface area contributed by atoms with E-state index in [1.54, 1.807) is 27.7 Å². The van der Waals surface area contributed by atoms with Gasteiger partial charge in [-0.1, -0.05) is 19.9 Å². The van der Waals surface area contributed by atoms with Crippen LogP contribution in [-0.2, 0) is 19.6 Å². The molecule has 1 heterocycles. The Morgan fingerprint density at radius 2 is 1.85 bits per heavy atom. The van der Waals surface area contributed by atoms with E-state index >= 15 is 0 Å². The molecule has 1 fully saturated rings. The van der Waals surface area contributed by atoms with Crippen molar-refractivity contribution in [2.24, 2.45) is 0 Å². The Bertz CT molecular complexity index is 862. The second-order valence-electron chi connectivity index (χ2n) is 6.61. The maximum atomic E-state index is 12.6. The molecule has 9 nitrogen and oxygen atoms in total. The summed E-state index contributed by atoms with van der Waals surface area (Å²) in [6.45, 7) is 6.79. The molecule has 0 aromatic heterocycles. The molecule has 2 rings (SSSR count). The van der Waals surface area contributed by atoms with E-state index in [4.69, 9.17) is 0 Å². The number of anilines is 1. The molecule has 0 spiro atoms. The van der Waals surface area contributed by atoms with Crippen molar-refractivity contribution in [2.75, 3.05) is 25.0 Å². The molecule has 1 aliphatic rings. The second-order valence-corrected chi connectivity index (χ2v) is 8.55. The molecule has 1 aromatic carbocycles. The Balaban J connectivity index is 2.14. The van der Waals surface area contributed by atoms with Crippen LogP contribution in [-0.4, -0.2) is 60.6 Å². The SMILES string of the molecule is CCN(CC)S(=O)(=O)c1cccc(NC(=O)CN2C(=O)NC(C)(C)C2=O)c1. The minimum atomic E-state index is -3.66. The second kappa shape index (κ2) is 7.65. The van der Waals surface area contributed by atoms with Gasteiger partial charge in [-0.15, -0.1) is 0 Å². The van der Waals surface area contributed by atoms with E-state index in [1.807, 2.05) is 0 Å². The summed E-state index contributed by atoms with van der Waals surface area (Å²) in [6, 6.07) is 5.21. The highest BCUT2D eigenvalue weighted by atomic mass is 32.2. The molecule has 27 heavy (non-hydrogen) atoms. The summed E-state index contributed by atoms with van der Waals surface area (Å²) in [5.74, 6) is -1.10. The van der Waals surface area contributed by atoms with Crippen molar-refractivity contribution in [2.45, 2.75) is 38.1 Å². The van der Waals surface area contributed by atoms with Gasteiger partial charge in [0.25, 0.3) is 5.91 Å². The van der Waals surface area contributed by atoms with Gasteiger partial charge in [-0.05, 0) is 32.0 Å². The average molecular weight is 396 g/mol. The largest absolute Gasteiger partial charge is 0.325 e. The van der Waals surface area contributed by atoms with Gasteiger partial charge in [0.1, 0.15) is 12.1 Å². The summed E-state index contributed by atoms with van der Waals surface area (Å²) in [7, 11) is -3.66. The van der Waals surface area contributed by atoms with Crippen LogP contribution in [0, 0.1) is 0 Å². The van der Waals surface area contributed by atoms with Gasteiger partial charge in [0.05, 0.1) is 4.90 Å². The van der Waals surface area contributed by atoms with Gasteiger partial charge in [0, 0.05) is 18.8 Å². The number of rotatable bonds is 7. The van der Waals surface area contributed by atoms with E-state index in [2.05, 4.69) is 10.6 Å². The minimum absolute atomic E-state index is 0.0557. The van der Waals surface area contributed by atoms with E-state index in [1.165, 1.54) is 28.6 Å². The highest BCUT2D eigenvalue weighted by Crippen LogP contribution is 2.20. The highest BCUT2D eigenvalue weighted by molar-refractivity contribution is 7.89. The lowest BCUT2D eigenvalue weighted by Gasteiger charge is -2.19. The Kier molecular flexibility index (Phi) is 5.91. The number of carbonyl (C=O) groups is 3. The fourth-order valence-corrected chi connectivity index (χ4v) is 4.26. The lowest BCUT2D eigenvalue weighted by Crippen LogP contribution is -2.41. The molecule has 0 atom stereocenters. The van der Waals surface area contributed by atoms with Gasteiger partial charge in [-0.3, -0.25) is 14.5 Å². The van der Waals surface area contributed by atoms with E-state index in [0.29, 0.717) is 13.1 Å². The molecule has 0 radical (unpaired) electrons. The van der Waals surface area contributed by atoms with E-state index in [-0.39, 0.29) is 10.6 Å². The molecule has 1 aromatic rings. The summed E-state index contributed by atoms with van der Waals surface area (Å²) >= 11 is 0. The van der Waals surface area contributed by atoms with Gasteiger partial charge in [-0.25, -0.2) is 13.2 Å². The van der Waals surface area contributed by atoms with Crippen LogP contribution >= 0.6 is 0 Å². The molecule has 0 bridgehead atoms. The Hall–Kier alpha value is -2.46. The van der Waals surface area contributed by atoms with Crippen LogP contribution in [0.3, 0.4) is 0 Å². The number of imide groups is 1. The van der Waals surface area contributed by atoms with Gasteiger partial charge >= 0.3 is 6.03 Å². The third kappa shape index (κ3) is 4.28. The van der Waals surface area contributed by atoms with Gasteiger partial charge in [0.15, 0.2) is 0 Å². The molecule has 0 saturated carbocycles. The van der Waals surface area contributed by atoms with Crippen LogP contribution in [0.5, 0.6) is 0 Å². The van der Waals surface area contributed by atoms with E-state index < -0.39 is 40.0 Å². The van der Waals surface area contributed by atoms with Gasteiger partial charge in [0.2, 0.25) is 15.9 Å². The topological polar surface area (TPSA) is 116 Å². The number of benzene rings is 1. The molecule has 0 aliphatic carbocycles.